The molecule has 0 aliphatic carbocycles. The normalized spacial score (nSPS) is 18.2. The van der Waals surface area contributed by atoms with Crippen molar-refractivity contribution in [2.75, 3.05) is 13.1 Å². The number of nitrogens with zero attached hydrogens (tertiary/aromatic N) is 3. The third-order valence-electron chi connectivity index (χ3n) is 4.67. The van der Waals surface area contributed by atoms with Crippen LogP contribution in [-0.2, 0) is 17.9 Å². The van der Waals surface area contributed by atoms with Crippen LogP contribution >= 0.6 is 0 Å². The summed E-state index contributed by atoms with van der Waals surface area (Å²) >= 11 is 0. The van der Waals surface area contributed by atoms with Crippen LogP contribution in [0.1, 0.15) is 32.6 Å². The smallest absolute Gasteiger partial charge is 0.329 e. The number of amides is 1. The molecule has 1 aromatic heterocycles. The van der Waals surface area contributed by atoms with Crippen molar-refractivity contribution < 1.29 is 9.90 Å². The van der Waals surface area contributed by atoms with E-state index in [-0.39, 0.29) is 18.0 Å². The Morgan fingerprint density at radius 1 is 1.21 bits per heavy atom. The highest BCUT2D eigenvalue weighted by atomic mass is 16.3. The molecule has 0 saturated carbocycles. The first-order chi connectivity index (χ1) is 11.6. The van der Waals surface area contributed by atoms with Gasteiger partial charge in [0.05, 0.1) is 17.1 Å². The van der Waals surface area contributed by atoms with Gasteiger partial charge in [0.1, 0.15) is 0 Å². The van der Waals surface area contributed by atoms with E-state index in [0.29, 0.717) is 26.2 Å². The number of aliphatic hydroxyl groups is 1. The Kier molecular flexibility index (Phi) is 5.04. The predicted octanol–water partition coefficient (Wildman–Crippen LogP) is 1.59. The third kappa shape index (κ3) is 3.24. The van der Waals surface area contributed by atoms with Crippen molar-refractivity contribution in [3.05, 3.63) is 34.7 Å². The van der Waals surface area contributed by atoms with Gasteiger partial charge >= 0.3 is 5.69 Å². The molecule has 6 heteroatoms. The van der Waals surface area contributed by atoms with Crippen LogP contribution in [0, 0.1) is 0 Å². The summed E-state index contributed by atoms with van der Waals surface area (Å²) in [5, 5.41) is 9.71. The molecule has 0 spiro atoms. The Hall–Kier alpha value is -2.08. The number of aryl methyl sites for hydroxylation is 2. The molecule has 130 valence electrons. The van der Waals surface area contributed by atoms with Gasteiger partial charge in [0.2, 0.25) is 5.91 Å². The van der Waals surface area contributed by atoms with Crippen LogP contribution in [0.5, 0.6) is 0 Å². The lowest BCUT2D eigenvalue weighted by Gasteiger charge is -2.30. The summed E-state index contributed by atoms with van der Waals surface area (Å²) in [5.74, 6) is 0.00738. The second-order valence-electron chi connectivity index (χ2n) is 6.46. The molecule has 0 radical (unpaired) electrons. The number of carbonyl (C=O) groups excluding carboxylic acids is 1. The van der Waals surface area contributed by atoms with Crippen molar-refractivity contribution in [2.24, 2.45) is 0 Å². The second-order valence-corrected chi connectivity index (χ2v) is 6.46. The number of carbonyl (C=O) groups is 1. The van der Waals surface area contributed by atoms with E-state index in [2.05, 4.69) is 0 Å². The zero-order valence-electron chi connectivity index (χ0n) is 14.1. The molecule has 1 atom stereocenters. The molecule has 3 rings (SSSR count). The molecule has 1 fully saturated rings. The van der Waals surface area contributed by atoms with Crippen LogP contribution in [-0.4, -0.2) is 44.2 Å². The summed E-state index contributed by atoms with van der Waals surface area (Å²) in [4.78, 5) is 26.8. The average Bonchev–Trinajstić information content (AvgIpc) is 2.85. The van der Waals surface area contributed by atoms with Crippen LogP contribution in [0.3, 0.4) is 0 Å². The number of β-amino-alcohol motifs (C(OH)–C–C–N with tert-alkyl or cyclic N) is 1. The topological polar surface area (TPSA) is 67.5 Å². The fourth-order valence-electron chi connectivity index (χ4n) is 3.48. The molecule has 0 bridgehead atoms. The highest BCUT2D eigenvalue weighted by Crippen LogP contribution is 2.15. The lowest BCUT2D eigenvalue weighted by atomic mass is 10.1. The fourth-order valence-corrected chi connectivity index (χ4v) is 3.48. The molecular weight excluding hydrogens is 306 g/mol. The van der Waals surface area contributed by atoms with Crippen molar-refractivity contribution in [3.63, 3.8) is 0 Å². The van der Waals surface area contributed by atoms with Gasteiger partial charge in [-0.15, -0.1) is 0 Å². The number of likely N-dealkylation sites (tertiary alicyclic amines) is 1. The minimum absolute atomic E-state index is 0.00738. The monoisotopic (exact) mass is 331 g/mol. The van der Waals surface area contributed by atoms with Gasteiger partial charge in [-0.3, -0.25) is 13.9 Å². The molecule has 24 heavy (non-hydrogen) atoms. The van der Waals surface area contributed by atoms with Crippen LogP contribution in [0.15, 0.2) is 29.1 Å². The molecule has 2 heterocycles. The Labute approximate surface area is 141 Å². The Bertz CT molecular complexity index is 777. The minimum atomic E-state index is -0.420. The summed E-state index contributed by atoms with van der Waals surface area (Å²) in [6, 6.07) is 7.72. The first kappa shape index (κ1) is 16.8. The Morgan fingerprint density at radius 3 is 2.50 bits per heavy atom. The van der Waals surface area contributed by atoms with Gasteiger partial charge in [-0.25, -0.2) is 4.79 Å². The lowest BCUT2D eigenvalue weighted by molar-refractivity contribution is -0.134. The van der Waals surface area contributed by atoms with Gasteiger partial charge in [-0.05, 0) is 31.4 Å². The minimum Gasteiger partial charge on any atom is -0.391 e. The number of imidazole rings is 1. The van der Waals surface area contributed by atoms with Crippen LogP contribution < -0.4 is 5.69 Å². The van der Waals surface area contributed by atoms with Gasteiger partial charge < -0.3 is 10.0 Å². The first-order valence-electron chi connectivity index (χ1n) is 8.75. The maximum absolute atomic E-state index is 12.7. The van der Waals surface area contributed by atoms with Gasteiger partial charge in [0.15, 0.2) is 0 Å². The van der Waals surface area contributed by atoms with E-state index in [0.717, 1.165) is 30.3 Å². The molecule has 1 aromatic carbocycles. The Balaban J connectivity index is 1.79. The number of aliphatic hydroxyl groups excluding tert-OH is 1. The molecule has 1 saturated heterocycles. The molecule has 2 aromatic rings. The molecule has 1 N–H and O–H groups in total. The number of benzene rings is 1. The molecule has 1 aliphatic rings. The van der Waals surface area contributed by atoms with E-state index < -0.39 is 6.10 Å². The van der Waals surface area contributed by atoms with Crippen LogP contribution in [0.25, 0.3) is 11.0 Å². The summed E-state index contributed by atoms with van der Waals surface area (Å²) in [7, 11) is 0. The van der Waals surface area contributed by atoms with Crippen LogP contribution in [0.4, 0.5) is 0 Å². The van der Waals surface area contributed by atoms with E-state index in [1.807, 2.05) is 31.2 Å². The van der Waals surface area contributed by atoms with Gasteiger partial charge in [0, 0.05) is 32.6 Å². The second kappa shape index (κ2) is 7.21. The van der Waals surface area contributed by atoms with Gasteiger partial charge in [-0.1, -0.05) is 19.1 Å². The predicted molar refractivity (Wildman–Crippen MR) is 92.9 cm³/mol. The Morgan fingerprint density at radius 2 is 1.88 bits per heavy atom. The highest BCUT2D eigenvalue weighted by Gasteiger charge is 2.22. The van der Waals surface area contributed by atoms with Gasteiger partial charge in [0.25, 0.3) is 0 Å². The fraction of sp³-hybridized carbons (Fsp3) is 0.556. The molecule has 6 nitrogen and oxygen atoms in total. The zero-order chi connectivity index (χ0) is 17.1. The largest absolute Gasteiger partial charge is 0.391 e. The number of piperidine rings is 1. The summed E-state index contributed by atoms with van der Waals surface area (Å²) < 4.78 is 3.48. The summed E-state index contributed by atoms with van der Waals surface area (Å²) in [6.45, 7) is 4.21. The number of hydrogen-bond donors (Lipinski definition) is 1. The lowest BCUT2D eigenvalue weighted by Crippen LogP contribution is -2.42. The number of aromatic nitrogens is 2. The van der Waals surface area contributed by atoms with Crippen molar-refractivity contribution in [1.82, 2.24) is 14.0 Å². The van der Waals surface area contributed by atoms with E-state index in [1.165, 1.54) is 0 Å². The summed E-state index contributed by atoms with van der Waals surface area (Å²) in [5.41, 5.74) is 1.75. The number of fused-ring (bicyclic) bond motifs is 1. The van der Waals surface area contributed by atoms with Crippen LogP contribution in [0.2, 0.25) is 0 Å². The van der Waals surface area contributed by atoms with Gasteiger partial charge in [-0.2, -0.15) is 0 Å². The van der Waals surface area contributed by atoms with E-state index in [1.54, 1.807) is 14.0 Å². The average molecular weight is 331 g/mol. The van der Waals surface area contributed by atoms with Crippen molar-refractivity contribution >= 4 is 16.9 Å². The number of rotatable bonds is 5. The third-order valence-corrected chi connectivity index (χ3v) is 4.67. The zero-order valence-corrected chi connectivity index (χ0v) is 14.1. The quantitative estimate of drug-likeness (QED) is 0.905. The number of para-hydroxylation sites is 2. The maximum atomic E-state index is 12.7. The van der Waals surface area contributed by atoms with E-state index >= 15 is 0 Å². The van der Waals surface area contributed by atoms with Crippen molar-refractivity contribution in [2.45, 2.75) is 51.8 Å². The molecular formula is C18H25N3O3. The standard InChI is InChI=1S/C18H25N3O3/c1-2-10-20-15-7-3-4-8-16(15)21(18(20)24)12-9-17(23)19-11-5-6-14(22)13-19/h3-4,7-8,14,22H,2,5-6,9-13H2,1H3. The van der Waals surface area contributed by atoms with E-state index in [4.69, 9.17) is 0 Å². The molecule has 1 unspecified atom stereocenters. The first-order valence-corrected chi connectivity index (χ1v) is 8.75. The molecule has 1 aliphatic heterocycles. The maximum Gasteiger partial charge on any atom is 0.329 e. The van der Waals surface area contributed by atoms with Crippen molar-refractivity contribution in [3.8, 4) is 0 Å². The summed E-state index contributed by atoms with van der Waals surface area (Å²) in [6.07, 6.45) is 2.35. The van der Waals surface area contributed by atoms with E-state index in [9.17, 15) is 14.7 Å². The highest BCUT2D eigenvalue weighted by molar-refractivity contribution is 5.78. The molecule has 1 amide bonds. The number of hydrogen-bond acceptors (Lipinski definition) is 3. The van der Waals surface area contributed by atoms with Crippen molar-refractivity contribution in [1.29, 1.82) is 0 Å². The SMILES string of the molecule is CCCn1c(=O)n(CCC(=O)N2CCCC(O)C2)c2ccccc21.